The molecular weight excluding hydrogens is 466 g/mol. The Bertz CT molecular complexity index is 1070. The van der Waals surface area contributed by atoms with Crippen molar-refractivity contribution in [2.75, 3.05) is 6.61 Å². The SMILES string of the molecule is Cc1ccc(-c2nc(C(Oc3ccc(F)c(C(N)=O)c3F)C(O)CO)oc2Br)cc1. The van der Waals surface area contributed by atoms with Crippen LogP contribution in [0.1, 0.15) is 27.9 Å². The lowest BCUT2D eigenvalue weighted by atomic mass is 10.1. The van der Waals surface area contributed by atoms with Crippen molar-refractivity contribution >= 4 is 21.8 Å². The zero-order chi connectivity index (χ0) is 22.0. The summed E-state index contributed by atoms with van der Waals surface area (Å²) in [4.78, 5) is 15.6. The third-order valence-electron chi connectivity index (χ3n) is 4.26. The van der Waals surface area contributed by atoms with Gasteiger partial charge >= 0.3 is 0 Å². The Labute approximate surface area is 178 Å². The summed E-state index contributed by atoms with van der Waals surface area (Å²) in [6.45, 7) is 1.15. The molecule has 1 aromatic heterocycles. The summed E-state index contributed by atoms with van der Waals surface area (Å²) in [6, 6.07) is 9.06. The van der Waals surface area contributed by atoms with Crippen LogP contribution in [0.2, 0.25) is 0 Å². The Kier molecular flexibility index (Phi) is 6.49. The zero-order valence-electron chi connectivity index (χ0n) is 15.6. The quantitative estimate of drug-likeness (QED) is 0.475. The summed E-state index contributed by atoms with van der Waals surface area (Å²) in [7, 11) is 0. The summed E-state index contributed by atoms with van der Waals surface area (Å²) in [6.07, 6.45) is -3.03. The number of halogens is 3. The van der Waals surface area contributed by atoms with E-state index in [1.165, 1.54) is 0 Å². The van der Waals surface area contributed by atoms with Crippen molar-refractivity contribution in [3.05, 3.63) is 69.7 Å². The highest BCUT2D eigenvalue weighted by molar-refractivity contribution is 9.10. The van der Waals surface area contributed by atoms with Gasteiger partial charge in [0.2, 0.25) is 12.0 Å². The summed E-state index contributed by atoms with van der Waals surface area (Å²) in [5.41, 5.74) is 6.14. The van der Waals surface area contributed by atoms with Crippen LogP contribution in [0.4, 0.5) is 8.78 Å². The molecule has 0 radical (unpaired) electrons. The summed E-state index contributed by atoms with van der Waals surface area (Å²) in [5, 5.41) is 19.6. The minimum Gasteiger partial charge on any atom is -0.475 e. The van der Waals surface area contributed by atoms with Crippen LogP contribution in [0.25, 0.3) is 11.3 Å². The third kappa shape index (κ3) is 4.35. The number of carbonyl (C=O) groups is 1. The highest BCUT2D eigenvalue weighted by atomic mass is 79.9. The van der Waals surface area contributed by atoms with Crippen LogP contribution in [0.5, 0.6) is 5.75 Å². The van der Waals surface area contributed by atoms with E-state index in [1.807, 2.05) is 19.1 Å². The van der Waals surface area contributed by atoms with Gasteiger partial charge in [-0.05, 0) is 35.0 Å². The number of ether oxygens (including phenoxy) is 1. The number of nitrogens with two attached hydrogens (primary N) is 1. The maximum absolute atomic E-state index is 14.5. The number of rotatable bonds is 7. The largest absolute Gasteiger partial charge is 0.475 e. The summed E-state index contributed by atoms with van der Waals surface area (Å²) < 4.78 is 39.4. The number of aliphatic hydroxyl groups is 2. The molecule has 0 spiro atoms. The second kappa shape index (κ2) is 8.90. The van der Waals surface area contributed by atoms with Crippen molar-refractivity contribution in [3.8, 4) is 17.0 Å². The number of aryl methyl sites for hydroxylation is 1. The molecule has 1 amide bonds. The van der Waals surface area contributed by atoms with E-state index in [-0.39, 0.29) is 10.6 Å². The van der Waals surface area contributed by atoms with E-state index in [1.54, 1.807) is 12.1 Å². The number of hydrogen-bond donors (Lipinski definition) is 3. The summed E-state index contributed by atoms with van der Waals surface area (Å²) >= 11 is 3.24. The Balaban J connectivity index is 2.01. The minimum absolute atomic E-state index is 0.177. The van der Waals surface area contributed by atoms with Gasteiger partial charge in [0.25, 0.3) is 5.91 Å². The fourth-order valence-electron chi connectivity index (χ4n) is 2.70. The van der Waals surface area contributed by atoms with Crippen LogP contribution in [0.3, 0.4) is 0 Å². The number of benzene rings is 2. The molecule has 158 valence electrons. The van der Waals surface area contributed by atoms with Gasteiger partial charge < -0.3 is 25.1 Å². The normalized spacial score (nSPS) is 13.1. The predicted molar refractivity (Wildman–Crippen MR) is 106 cm³/mol. The molecular formula is C20H17BrF2N2O5. The first kappa shape index (κ1) is 21.9. The molecule has 0 aliphatic rings. The lowest BCUT2D eigenvalue weighted by Gasteiger charge is -2.20. The van der Waals surface area contributed by atoms with E-state index in [0.717, 1.165) is 17.7 Å². The Morgan fingerprint density at radius 2 is 1.93 bits per heavy atom. The summed E-state index contributed by atoms with van der Waals surface area (Å²) in [5.74, 6) is -4.58. The first-order valence-electron chi connectivity index (χ1n) is 8.69. The first-order valence-corrected chi connectivity index (χ1v) is 9.48. The van der Waals surface area contributed by atoms with Gasteiger partial charge in [-0.3, -0.25) is 4.79 Å². The highest BCUT2D eigenvalue weighted by Gasteiger charge is 2.31. The third-order valence-corrected chi connectivity index (χ3v) is 4.80. The molecule has 0 bridgehead atoms. The van der Waals surface area contributed by atoms with Gasteiger partial charge in [-0.25, -0.2) is 13.8 Å². The zero-order valence-corrected chi connectivity index (χ0v) is 17.2. The second-order valence-electron chi connectivity index (χ2n) is 6.43. The predicted octanol–water partition coefficient (Wildman–Crippen LogP) is 3.26. The van der Waals surface area contributed by atoms with Crippen molar-refractivity contribution in [3.63, 3.8) is 0 Å². The topological polar surface area (TPSA) is 119 Å². The van der Waals surface area contributed by atoms with Crippen LogP contribution >= 0.6 is 15.9 Å². The van der Waals surface area contributed by atoms with Gasteiger partial charge in [-0.1, -0.05) is 29.8 Å². The van der Waals surface area contributed by atoms with Gasteiger partial charge in [0.1, 0.15) is 23.2 Å². The molecule has 1 heterocycles. The molecule has 0 aliphatic carbocycles. The van der Waals surface area contributed by atoms with E-state index < -0.39 is 47.7 Å². The smallest absolute Gasteiger partial charge is 0.254 e. The van der Waals surface area contributed by atoms with Crippen LogP contribution < -0.4 is 10.5 Å². The van der Waals surface area contributed by atoms with Gasteiger partial charge in [0, 0.05) is 5.56 Å². The second-order valence-corrected chi connectivity index (χ2v) is 7.15. The standard InChI is InChI=1S/C20H17BrF2N2O5/c1-9-2-4-10(5-3-9)16-18(21)30-20(25-16)17(12(27)8-26)29-13-7-6-11(22)14(15(13)23)19(24)28/h2-7,12,17,26-27H,8H2,1H3,(H2,24,28). The molecule has 3 aromatic rings. The average Bonchev–Trinajstić information content (AvgIpc) is 3.08. The van der Waals surface area contributed by atoms with Crippen molar-refractivity contribution in [1.82, 2.24) is 4.98 Å². The van der Waals surface area contributed by atoms with Gasteiger partial charge in [-0.2, -0.15) is 0 Å². The van der Waals surface area contributed by atoms with Crippen molar-refractivity contribution < 1.29 is 32.9 Å². The van der Waals surface area contributed by atoms with E-state index in [4.69, 9.17) is 14.9 Å². The number of hydrogen-bond acceptors (Lipinski definition) is 6. The van der Waals surface area contributed by atoms with Crippen LogP contribution in [-0.2, 0) is 0 Å². The van der Waals surface area contributed by atoms with E-state index in [2.05, 4.69) is 20.9 Å². The molecule has 2 aromatic carbocycles. The molecule has 0 aliphatic heterocycles. The number of carbonyl (C=O) groups excluding carboxylic acids is 1. The van der Waals surface area contributed by atoms with Crippen LogP contribution in [0, 0.1) is 18.6 Å². The lowest BCUT2D eigenvalue weighted by molar-refractivity contribution is -0.0158. The van der Waals surface area contributed by atoms with Crippen molar-refractivity contribution in [2.24, 2.45) is 5.73 Å². The maximum Gasteiger partial charge on any atom is 0.254 e. The number of aromatic nitrogens is 1. The number of oxazole rings is 1. The number of nitrogens with zero attached hydrogens (tertiary/aromatic N) is 1. The molecule has 2 atom stereocenters. The molecule has 0 fully saturated rings. The van der Waals surface area contributed by atoms with E-state index in [9.17, 15) is 23.8 Å². The van der Waals surface area contributed by atoms with Crippen molar-refractivity contribution in [2.45, 2.75) is 19.1 Å². The molecule has 4 N–H and O–H groups in total. The molecule has 30 heavy (non-hydrogen) atoms. The molecule has 2 unspecified atom stereocenters. The fourth-order valence-corrected chi connectivity index (χ4v) is 3.19. The average molecular weight is 483 g/mol. The molecule has 10 heteroatoms. The Morgan fingerprint density at radius 1 is 1.27 bits per heavy atom. The van der Waals surface area contributed by atoms with Gasteiger partial charge in [0.15, 0.2) is 16.2 Å². The highest BCUT2D eigenvalue weighted by Crippen LogP contribution is 2.35. The number of amides is 1. The molecule has 3 rings (SSSR count). The molecule has 0 saturated carbocycles. The Morgan fingerprint density at radius 3 is 2.53 bits per heavy atom. The fraction of sp³-hybridized carbons (Fsp3) is 0.200. The Hall–Kier alpha value is -2.82. The lowest BCUT2D eigenvalue weighted by Crippen LogP contribution is -2.28. The maximum atomic E-state index is 14.5. The minimum atomic E-state index is -1.57. The molecule has 0 saturated heterocycles. The number of primary amides is 1. The monoisotopic (exact) mass is 482 g/mol. The number of aliphatic hydroxyl groups excluding tert-OH is 2. The van der Waals surface area contributed by atoms with E-state index in [0.29, 0.717) is 11.3 Å². The van der Waals surface area contributed by atoms with Crippen LogP contribution in [0.15, 0.2) is 45.5 Å². The molecule has 7 nitrogen and oxygen atoms in total. The van der Waals surface area contributed by atoms with E-state index >= 15 is 0 Å². The van der Waals surface area contributed by atoms with Crippen molar-refractivity contribution in [1.29, 1.82) is 0 Å². The first-order chi connectivity index (χ1) is 14.2. The van der Waals surface area contributed by atoms with Crippen LogP contribution in [-0.4, -0.2) is 33.8 Å². The van der Waals surface area contributed by atoms with Gasteiger partial charge in [0.05, 0.1) is 6.61 Å². The van der Waals surface area contributed by atoms with Gasteiger partial charge in [-0.15, -0.1) is 0 Å².